The van der Waals surface area contributed by atoms with Gasteiger partial charge in [0.25, 0.3) is 0 Å². The Morgan fingerprint density at radius 3 is 1.74 bits per heavy atom. The van der Waals surface area contributed by atoms with Gasteiger partial charge in [-0.05, 0) is 11.1 Å². The highest BCUT2D eigenvalue weighted by atomic mass is 14.7. The molecule has 0 radical (unpaired) electrons. The van der Waals surface area contributed by atoms with Crippen molar-refractivity contribution in [3.8, 4) is 24.3 Å². The van der Waals surface area contributed by atoms with Crippen LogP contribution in [0.3, 0.4) is 0 Å². The number of benzene rings is 2. The van der Waals surface area contributed by atoms with Crippen LogP contribution in [0.4, 0.5) is 0 Å². The molecule has 0 amide bonds. The fraction of sp³-hybridized carbons (Fsp3) is 0.182. The smallest absolute Gasteiger partial charge is 0.163 e. The molecule has 3 atom stereocenters. The molecule has 3 rings (SSSR count). The molecule has 2 aromatic carbocycles. The third-order valence-electron chi connectivity index (χ3n) is 5.14. The monoisotopic (exact) mass is 349 g/mol. The van der Waals surface area contributed by atoms with Gasteiger partial charge in [0, 0.05) is 11.6 Å². The van der Waals surface area contributed by atoms with E-state index in [1.54, 1.807) is 48.5 Å². The fourth-order valence-corrected chi connectivity index (χ4v) is 3.94. The summed E-state index contributed by atoms with van der Waals surface area (Å²) in [4.78, 5) is 0. The second-order valence-electron chi connectivity index (χ2n) is 6.41. The van der Waals surface area contributed by atoms with Gasteiger partial charge in [-0.3, -0.25) is 0 Å². The molecule has 0 aromatic heterocycles. The van der Waals surface area contributed by atoms with Crippen molar-refractivity contribution >= 4 is 0 Å². The van der Waals surface area contributed by atoms with E-state index in [4.69, 9.17) is 5.73 Å². The summed E-state index contributed by atoms with van der Waals surface area (Å²) in [6, 6.07) is 26.4. The molecule has 2 aromatic rings. The van der Waals surface area contributed by atoms with Gasteiger partial charge in [0.1, 0.15) is 0 Å². The molecule has 27 heavy (non-hydrogen) atoms. The van der Waals surface area contributed by atoms with Crippen LogP contribution < -0.4 is 5.73 Å². The first kappa shape index (κ1) is 17.8. The van der Waals surface area contributed by atoms with Crippen molar-refractivity contribution in [2.45, 2.75) is 11.8 Å². The third kappa shape index (κ3) is 2.60. The maximum Gasteiger partial charge on any atom is 0.163 e. The number of nitriles is 4. The summed E-state index contributed by atoms with van der Waals surface area (Å²) in [6.45, 7) is 0. The average Bonchev–Trinajstić information content (AvgIpc) is 2.74. The van der Waals surface area contributed by atoms with Crippen molar-refractivity contribution in [2.75, 3.05) is 0 Å². The molecule has 0 bridgehead atoms. The second-order valence-corrected chi connectivity index (χ2v) is 6.41. The Bertz CT molecular complexity index is 1030. The van der Waals surface area contributed by atoms with E-state index < -0.39 is 23.2 Å². The first-order valence-electron chi connectivity index (χ1n) is 8.36. The molecule has 0 spiro atoms. The van der Waals surface area contributed by atoms with Crippen LogP contribution in [0.15, 0.2) is 71.9 Å². The van der Waals surface area contributed by atoms with Crippen molar-refractivity contribution < 1.29 is 0 Å². The predicted octanol–water partition coefficient (Wildman–Crippen LogP) is 3.48. The van der Waals surface area contributed by atoms with Gasteiger partial charge in [-0.1, -0.05) is 60.7 Å². The van der Waals surface area contributed by atoms with Crippen LogP contribution in [-0.2, 0) is 0 Å². The molecule has 0 saturated heterocycles. The van der Waals surface area contributed by atoms with Crippen LogP contribution >= 0.6 is 0 Å². The quantitative estimate of drug-likeness (QED) is 0.889. The SMILES string of the molecule is N#CC1=C(N)C(C#N)C(c2ccccc2)C(C#N)(C#N)C1c1ccccc1. The lowest BCUT2D eigenvalue weighted by atomic mass is 9.54. The Kier molecular flexibility index (Phi) is 4.64. The molecule has 1 aliphatic carbocycles. The molecule has 1 aliphatic rings. The Hall–Kier alpha value is -4.06. The minimum Gasteiger partial charge on any atom is -0.400 e. The van der Waals surface area contributed by atoms with Gasteiger partial charge >= 0.3 is 0 Å². The van der Waals surface area contributed by atoms with E-state index >= 15 is 0 Å². The molecule has 128 valence electrons. The molecular formula is C22H15N5. The molecule has 0 heterocycles. The zero-order chi connectivity index (χ0) is 19.4. The van der Waals surface area contributed by atoms with E-state index in [9.17, 15) is 21.0 Å². The first-order chi connectivity index (χ1) is 13.1. The van der Waals surface area contributed by atoms with Crippen LogP contribution in [0, 0.1) is 56.7 Å². The number of allylic oxidation sites excluding steroid dienone is 2. The van der Waals surface area contributed by atoms with E-state index in [0.717, 1.165) is 0 Å². The van der Waals surface area contributed by atoms with Crippen molar-refractivity contribution in [1.82, 2.24) is 0 Å². The fourth-order valence-electron chi connectivity index (χ4n) is 3.94. The summed E-state index contributed by atoms with van der Waals surface area (Å²) in [5.41, 5.74) is 6.17. The highest BCUT2D eigenvalue weighted by molar-refractivity contribution is 5.54. The minimum atomic E-state index is -1.64. The highest BCUT2D eigenvalue weighted by Gasteiger charge is 2.57. The highest BCUT2D eigenvalue weighted by Crippen LogP contribution is 2.57. The second kappa shape index (κ2) is 7.05. The molecule has 3 unspecified atom stereocenters. The van der Waals surface area contributed by atoms with Gasteiger partial charge in [-0.25, -0.2) is 0 Å². The zero-order valence-corrected chi connectivity index (χ0v) is 14.4. The van der Waals surface area contributed by atoms with E-state index in [2.05, 4.69) is 24.3 Å². The number of nitrogens with zero attached hydrogens (tertiary/aromatic N) is 4. The standard InChI is InChI=1S/C22H15N5/c23-11-17-19(15-7-3-1-4-8-15)22(13-25,14-26)20(18(12-24)21(17)27)16-9-5-2-6-10-16/h1-10,17,19-20H,27H2. The van der Waals surface area contributed by atoms with Crippen LogP contribution in [-0.4, -0.2) is 0 Å². The van der Waals surface area contributed by atoms with Crippen LogP contribution in [0.1, 0.15) is 23.0 Å². The molecule has 2 N–H and O–H groups in total. The van der Waals surface area contributed by atoms with Gasteiger partial charge in [0.15, 0.2) is 5.41 Å². The van der Waals surface area contributed by atoms with E-state index in [-0.39, 0.29) is 11.3 Å². The van der Waals surface area contributed by atoms with Crippen molar-refractivity contribution in [3.05, 3.63) is 83.1 Å². The number of hydrogen-bond donors (Lipinski definition) is 1. The van der Waals surface area contributed by atoms with Crippen LogP contribution in [0.25, 0.3) is 0 Å². The lowest BCUT2D eigenvalue weighted by molar-refractivity contribution is 0.300. The first-order valence-corrected chi connectivity index (χ1v) is 8.36. The summed E-state index contributed by atoms with van der Waals surface area (Å²) >= 11 is 0. The summed E-state index contributed by atoms with van der Waals surface area (Å²) in [6.07, 6.45) is 0. The predicted molar refractivity (Wildman–Crippen MR) is 98.0 cm³/mol. The van der Waals surface area contributed by atoms with Gasteiger partial charge < -0.3 is 5.73 Å². The maximum atomic E-state index is 10.2. The summed E-state index contributed by atoms with van der Waals surface area (Å²) in [5.74, 6) is -2.56. The van der Waals surface area contributed by atoms with Gasteiger partial charge in [-0.15, -0.1) is 0 Å². The Morgan fingerprint density at radius 1 is 0.778 bits per heavy atom. The van der Waals surface area contributed by atoms with Gasteiger partial charge in [-0.2, -0.15) is 21.0 Å². The normalized spacial score (nSPS) is 23.3. The Balaban J connectivity index is 2.41. The molecule has 5 nitrogen and oxygen atoms in total. The molecule has 0 aliphatic heterocycles. The number of rotatable bonds is 2. The van der Waals surface area contributed by atoms with Crippen molar-refractivity contribution in [1.29, 1.82) is 21.0 Å². The molecule has 0 saturated carbocycles. The van der Waals surface area contributed by atoms with Crippen LogP contribution in [0.2, 0.25) is 0 Å². The van der Waals surface area contributed by atoms with E-state index in [0.29, 0.717) is 11.1 Å². The topological polar surface area (TPSA) is 121 Å². The van der Waals surface area contributed by atoms with Crippen LogP contribution in [0.5, 0.6) is 0 Å². The number of hydrogen-bond acceptors (Lipinski definition) is 5. The third-order valence-corrected chi connectivity index (χ3v) is 5.14. The zero-order valence-electron chi connectivity index (χ0n) is 14.4. The lowest BCUT2D eigenvalue weighted by Gasteiger charge is -2.43. The summed E-state index contributed by atoms with van der Waals surface area (Å²) < 4.78 is 0. The Labute approximate surface area is 157 Å². The lowest BCUT2D eigenvalue weighted by Crippen LogP contribution is -2.44. The summed E-state index contributed by atoms with van der Waals surface area (Å²) in [7, 11) is 0. The van der Waals surface area contributed by atoms with E-state index in [1.165, 1.54) is 0 Å². The molecular weight excluding hydrogens is 334 g/mol. The largest absolute Gasteiger partial charge is 0.400 e. The Morgan fingerprint density at radius 2 is 1.30 bits per heavy atom. The maximum absolute atomic E-state index is 10.2. The summed E-state index contributed by atoms with van der Waals surface area (Å²) in [5, 5.41) is 39.9. The van der Waals surface area contributed by atoms with Crippen molar-refractivity contribution in [2.24, 2.45) is 17.1 Å². The van der Waals surface area contributed by atoms with Gasteiger partial charge in [0.05, 0.1) is 41.7 Å². The minimum absolute atomic E-state index is 0.114. The molecule has 5 heteroatoms. The average molecular weight is 349 g/mol. The van der Waals surface area contributed by atoms with Gasteiger partial charge in [0.2, 0.25) is 0 Å². The molecule has 0 fully saturated rings. The number of nitrogens with two attached hydrogens (primary N) is 1. The van der Waals surface area contributed by atoms with Crippen molar-refractivity contribution in [3.63, 3.8) is 0 Å². The van der Waals surface area contributed by atoms with E-state index in [1.807, 2.05) is 12.1 Å².